The van der Waals surface area contributed by atoms with Gasteiger partial charge in [-0.15, -0.1) is 0 Å². The fourth-order valence-electron chi connectivity index (χ4n) is 2.14. The number of unbranched alkanes of at least 4 members (excludes halogenated alkanes) is 3. The zero-order valence-corrected chi connectivity index (χ0v) is 10.6. The van der Waals surface area contributed by atoms with E-state index in [0.717, 1.165) is 45.4 Å². The van der Waals surface area contributed by atoms with Gasteiger partial charge in [0, 0.05) is 19.5 Å². The second kappa shape index (κ2) is 8.57. The van der Waals surface area contributed by atoms with Crippen LogP contribution in [-0.2, 0) is 4.79 Å². The Kier molecular flexibility index (Phi) is 7.23. The average molecular weight is 226 g/mol. The van der Waals surface area contributed by atoms with Crippen LogP contribution in [-0.4, -0.2) is 37.0 Å². The molecule has 1 N–H and O–H groups in total. The van der Waals surface area contributed by atoms with Crippen LogP contribution in [0.1, 0.15) is 51.9 Å². The van der Waals surface area contributed by atoms with Crippen molar-refractivity contribution in [1.29, 1.82) is 0 Å². The van der Waals surface area contributed by atoms with Gasteiger partial charge in [-0.25, -0.2) is 0 Å². The van der Waals surface area contributed by atoms with Crippen molar-refractivity contribution in [3.8, 4) is 0 Å². The molecular weight excluding hydrogens is 200 g/mol. The second-order valence-corrected chi connectivity index (χ2v) is 4.65. The minimum atomic E-state index is 0.350. The van der Waals surface area contributed by atoms with Crippen LogP contribution < -0.4 is 5.32 Å². The van der Waals surface area contributed by atoms with E-state index in [0.29, 0.717) is 5.91 Å². The van der Waals surface area contributed by atoms with Gasteiger partial charge in [0.2, 0.25) is 5.91 Å². The number of amides is 1. The van der Waals surface area contributed by atoms with Gasteiger partial charge in [0.1, 0.15) is 0 Å². The molecule has 1 saturated heterocycles. The van der Waals surface area contributed by atoms with Crippen molar-refractivity contribution in [2.24, 2.45) is 0 Å². The molecule has 0 unspecified atom stereocenters. The van der Waals surface area contributed by atoms with Gasteiger partial charge in [0.25, 0.3) is 0 Å². The molecule has 0 aliphatic carbocycles. The van der Waals surface area contributed by atoms with E-state index < -0.39 is 0 Å². The highest BCUT2D eigenvalue weighted by atomic mass is 16.2. The molecule has 0 aromatic heterocycles. The highest BCUT2D eigenvalue weighted by molar-refractivity contribution is 5.77. The summed E-state index contributed by atoms with van der Waals surface area (Å²) in [6, 6.07) is 0. The minimum absolute atomic E-state index is 0.350. The number of rotatable bonds is 9. The molecular formula is C13H26N2O. The van der Waals surface area contributed by atoms with E-state index in [9.17, 15) is 4.79 Å². The molecule has 0 bridgehead atoms. The molecule has 1 aliphatic heterocycles. The molecule has 1 aliphatic rings. The molecule has 1 rings (SSSR count). The molecule has 1 amide bonds. The maximum atomic E-state index is 11.3. The van der Waals surface area contributed by atoms with Gasteiger partial charge in [-0.05, 0) is 32.4 Å². The normalized spacial score (nSPS) is 16.1. The predicted molar refractivity (Wildman–Crippen MR) is 67.4 cm³/mol. The van der Waals surface area contributed by atoms with Crippen molar-refractivity contribution in [1.82, 2.24) is 10.2 Å². The third-order valence-corrected chi connectivity index (χ3v) is 3.16. The fraction of sp³-hybridized carbons (Fsp3) is 0.923. The Morgan fingerprint density at radius 1 is 1.19 bits per heavy atom. The lowest BCUT2D eigenvalue weighted by molar-refractivity contribution is -0.127. The van der Waals surface area contributed by atoms with E-state index in [-0.39, 0.29) is 0 Å². The largest absolute Gasteiger partial charge is 0.343 e. The number of carbonyl (C=O) groups is 1. The van der Waals surface area contributed by atoms with Crippen molar-refractivity contribution in [2.75, 3.05) is 26.2 Å². The zero-order valence-electron chi connectivity index (χ0n) is 10.6. The highest BCUT2D eigenvalue weighted by Crippen LogP contribution is 2.09. The summed E-state index contributed by atoms with van der Waals surface area (Å²) in [5.74, 6) is 0.350. The quantitative estimate of drug-likeness (QED) is 0.611. The summed E-state index contributed by atoms with van der Waals surface area (Å²) in [6.45, 7) is 6.35. The van der Waals surface area contributed by atoms with Crippen LogP contribution in [0.2, 0.25) is 0 Å². The van der Waals surface area contributed by atoms with Gasteiger partial charge in [-0.2, -0.15) is 0 Å². The summed E-state index contributed by atoms with van der Waals surface area (Å²) >= 11 is 0. The summed E-state index contributed by atoms with van der Waals surface area (Å²) in [6.07, 6.45) is 8.21. The molecule has 1 heterocycles. The van der Waals surface area contributed by atoms with E-state index in [1.807, 2.05) is 4.90 Å². The van der Waals surface area contributed by atoms with Gasteiger partial charge in [0.05, 0.1) is 0 Å². The van der Waals surface area contributed by atoms with Gasteiger partial charge in [-0.3, -0.25) is 4.79 Å². The lowest BCUT2D eigenvalue weighted by Gasteiger charge is -2.15. The smallest absolute Gasteiger partial charge is 0.222 e. The Morgan fingerprint density at radius 3 is 2.69 bits per heavy atom. The SMILES string of the molecule is CCCCCCNCCCN1CCCC1=O. The Bertz CT molecular complexity index is 194. The standard InChI is InChI=1S/C13H26N2O/c1-2-3-4-5-9-14-10-7-12-15-11-6-8-13(15)16/h14H,2-12H2,1H3. The van der Waals surface area contributed by atoms with Crippen LogP contribution in [0.15, 0.2) is 0 Å². The third kappa shape index (κ3) is 5.50. The summed E-state index contributed by atoms with van der Waals surface area (Å²) in [5.41, 5.74) is 0. The highest BCUT2D eigenvalue weighted by Gasteiger charge is 2.18. The Hall–Kier alpha value is -0.570. The fourth-order valence-corrected chi connectivity index (χ4v) is 2.14. The molecule has 16 heavy (non-hydrogen) atoms. The van der Waals surface area contributed by atoms with Crippen LogP contribution in [0.3, 0.4) is 0 Å². The van der Waals surface area contributed by atoms with Crippen LogP contribution >= 0.6 is 0 Å². The summed E-state index contributed by atoms with van der Waals surface area (Å²) in [4.78, 5) is 13.3. The zero-order chi connectivity index (χ0) is 11.6. The molecule has 0 aromatic rings. The van der Waals surface area contributed by atoms with Gasteiger partial charge >= 0.3 is 0 Å². The van der Waals surface area contributed by atoms with Crippen molar-refractivity contribution < 1.29 is 4.79 Å². The van der Waals surface area contributed by atoms with E-state index in [1.54, 1.807) is 0 Å². The molecule has 0 spiro atoms. The number of nitrogens with zero attached hydrogens (tertiary/aromatic N) is 1. The molecule has 1 fully saturated rings. The first kappa shape index (κ1) is 13.5. The van der Waals surface area contributed by atoms with Crippen molar-refractivity contribution in [3.63, 3.8) is 0 Å². The van der Waals surface area contributed by atoms with Gasteiger partial charge in [-0.1, -0.05) is 26.2 Å². The van der Waals surface area contributed by atoms with Crippen LogP contribution in [0.4, 0.5) is 0 Å². The predicted octanol–water partition coefficient (Wildman–Crippen LogP) is 2.17. The summed E-state index contributed by atoms with van der Waals surface area (Å²) < 4.78 is 0. The first-order valence-corrected chi connectivity index (χ1v) is 6.83. The first-order valence-electron chi connectivity index (χ1n) is 6.83. The maximum absolute atomic E-state index is 11.3. The molecule has 0 atom stereocenters. The van der Waals surface area contributed by atoms with Crippen molar-refractivity contribution in [3.05, 3.63) is 0 Å². The summed E-state index contributed by atoms with van der Waals surface area (Å²) in [7, 11) is 0. The Labute approximate surface area is 99.6 Å². The minimum Gasteiger partial charge on any atom is -0.343 e. The van der Waals surface area contributed by atoms with E-state index >= 15 is 0 Å². The number of hydrogen-bond donors (Lipinski definition) is 1. The number of nitrogens with one attached hydrogen (secondary N) is 1. The maximum Gasteiger partial charge on any atom is 0.222 e. The average Bonchev–Trinajstić information content (AvgIpc) is 2.68. The van der Waals surface area contributed by atoms with Crippen LogP contribution in [0.5, 0.6) is 0 Å². The van der Waals surface area contributed by atoms with E-state index in [1.165, 1.54) is 25.7 Å². The van der Waals surface area contributed by atoms with E-state index in [4.69, 9.17) is 0 Å². The monoisotopic (exact) mass is 226 g/mol. The lowest BCUT2D eigenvalue weighted by atomic mass is 10.2. The molecule has 0 aromatic carbocycles. The molecule has 94 valence electrons. The number of carbonyl (C=O) groups excluding carboxylic acids is 1. The first-order chi connectivity index (χ1) is 7.84. The van der Waals surface area contributed by atoms with Crippen molar-refractivity contribution in [2.45, 2.75) is 51.9 Å². The number of likely N-dealkylation sites (tertiary alicyclic amines) is 1. The number of hydrogen-bond acceptors (Lipinski definition) is 2. The summed E-state index contributed by atoms with van der Waals surface area (Å²) in [5, 5.41) is 3.45. The molecule has 0 radical (unpaired) electrons. The topological polar surface area (TPSA) is 32.3 Å². The van der Waals surface area contributed by atoms with Crippen molar-refractivity contribution >= 4 is 5.91 Å². The third-order valence-electron chi connectivity index (χ3n) is 3.16. The Morgan fingerprint density at radius 2 is 2.00 bits per heavy atom. The molecule has 0 saturated carbocycles. The van der Waals surface area contributed by atoms with Crippen LogP contribution in [0, 0.1) is 0 Å². The second-order valence-electron chi connectivity index (χ2n) is 4.65. The van der Waals surface area contributed by atoms with Gasteiger partial charge in [0.15, 0.2) is 0 Å². The molecule has 3 nitrogen and oxygen atoms in total. The van der Waals surface area contributed by atoms with E-state index in [2.05, 4.69) is 12.2 Å². The lowest BCUT2D eigenvalue weighted by Crippen LogP contribution is -2.28. The van der Waals surface area contributed by atoms with Crippen LogP contribution in [0.25, 0.3) is 0 Å². The molecule has 3 heteroatoms. The Balaban J connectivity index is 1.83. The van der Waals surface area contributed by atoms with Gasteiger partial charge < -0.3 is 10.2 Å².